The average molecular weight is 654 g/mol. The molecule has 5 aliphatic rings. The predicted molar refractivity (Wildman–Crippen MR) is 180 cm³/mol. The zero-order chi connectivity index (χ0) is 34.1. The van der Waals surface area contributed by atoms with Crippen LogP contribution < -0.4 is 0 Å². The number of aliphatic hydroxyl groups excluding tert-OH is 1. The Kier molecular flexibility index (Phi) is 11.0. The van der Waals surface area contributed by atoms with Crippen molar-refractivity contribution in [1.29, 1.82) is 0 Å². The number of fused-ring (bicyclic) bond motifs is 2. The van der Waals surface area contributed by atoms with Crippen LogP contribution in [-0.2, 0) is 28.6 Å². The average Bonchev–Trinajstić information content (AvgIpc) is 3.33. The molecular formula is C38H55NO8. The molecule has 2 bridgehead atoms. The van der Waals surface area contributed by atoms with Crippen molar-refractivity contribution in [2.24, 2.45) is 28.8 Å². The number of esters is 1. The summed E-state index contributed by atoms with van der Waals surface area (Å²) in [6, 6.07) is 0. The molecule has 5 rings (SSSR count). The van der Waals surface area contributed by atoms with E-state index in [1.165, 1.54) is 5.57 Å². The summed E-state index contributed by atoms with van der Waals surface area (Å²) in [5.74, 6) is -2.10. The van der Waals surface area contributed by atoms with Gasteiger partial charge in [0, 0.05) is 25.2 Å². The molecule has 4 aliphatic heterocycles. The summed E-state index contributed by atoms with van der Waals surface area (Å²) in [4.78, 5) is 19.5. The van der Waals surface area contributed by atoms with Gasteiger partial charge in [-0.1, -0.05) is 74.9 Å². The molecule has 1 spiro atoms. The molecule has 9 nitrogen and oxygen atoms in total. The third-order valence-electron chi connectivity index (χ3n) is 10.4. The largest absolute Gasteiger partial charge is 0.462 e. The SMILES string of the molecule is CC[C@H]1/C(=N/OC)C[C@]2(C[C@@H]3C[C@@H](C/C=C(\C)C[C@@H](C)/C=C/C=C4\CO[C@@H]5[C@H](O)C(C)=C[C@@H](C(=O)O3)[C@]45O)O2)O[C@@H]1/C(C)=C/C(C)C. The van der Waals surface area contributed by atoms with Crippen LogP contribution >= 0.6 is 0 Å². The van der Waals surface area contributed by atoms with Crippen LogP contribution in [0, 0.1) is 23.7 Å². The number of allylic oxidation sites excluding steroid dienone is 5. The van der Waals surface area contributed by atoms with Crippen LogP contribution in [-0.4, -0.2) is 77.5 Å². The molecule has 9 heteroatoms. The van der Waals surface area contributed by atoms with Crippen molar-refractivity contribution < 1.29 is 38.8 Å². The van der Waals surface area contributed by atoms with E-state index >= 15 is 0 Å². The zero-order valence-corrected chi connectivity index (χ0v) is 29.4. The molecule has 0 unspecified atom stereocenters. The predicted octanol–water partition coefficient (Wildman–Crippen LogP) is 6.12. The van der Waals surface area contributed by atoms with Crippen LogP contribution in [0.1, 0.15) is 87.0 Å². The fourth-order valence-electron chi connectivity index (χ4n) is 8.24. The highest BCUT2D eigenvalue weighted by molar-refractivity contribution is 5.88. The number of hydrogen-bond acceptors (Lipinski definition) is 9. The Morgan fingerprint density at radius 2 is 2.00 bits per heavy atom. The Bertz CT molecular complexity index is 1360. The van der Waals surface area contributed by atoms with Gasteiger partial charge in [-0.2, -0.15) is 0 Å². The number of nitrogens with zero attached hydrogens (tertiary/aromatic N) is 1. The van der Waals surface area contributed by atoms with Crippen molar-refractivity contribution in [3.05, 3.63) is 58.7 Å². The normalized spacial score (nSPS) is 43.8. The maximum atomic E-state index is 14.2. The highest BCUT2D eigenvalue weighted by Gasteiger charge is 2.60. The van der Waals surface area contributed by atoms with E-state index in [4.69, 9.17) is 23.8 Å². The number of aliphatic hydroxyl groups is 2. The van der Waals surface area contributed by atoms with Crippen LogP contribution in [0.5, 0.6) is 0 Å². The molecule has 0 aromatic rings. The molecule has 260 valence electrons. The highest BCUT2D eigenvalue weighted by atomic mass is 16.7. The molecule has 0 aromatic carbocycles. The van der Waals surface area contributed by atoms with Crippen molar-refractivity contribution in [1.82, 2.24) is 0 Å². The van der Waals surface area contributed by atoms with Crippen LogP contribution in [0.2, 0.25) is 0 Å². The summed E-state index contributed by atoms with van der Waals surface area (Å²) in [7, 11) is 1.56. The molecule has 0 saturated carbocycles. The molecule has 3 fully saturated rings. The molecule has 2 N–H and O–H groups in total. The third kappa shape index (κ3) is 7.39. The highest BCUT2D eigenvalue weighted by Crippen LogP contribution is 2.47. The van der Waals surface area contributed by atoms with Crippen LogP contribution in [0.3, 0.4) is 0 Å². The van der Waals surface area contributed by atoms with E-state index in [-0.39, 0.29) is 30.7 Å². The minimum atomic E-state index is -1.74. The molecule has 1 aliphatic carbocycles. The molecule has 10 atom stereocenters. The molecule has 4 heterocycles. The summed E-state index contributed by atoms with van der Waals surface area (Å²) < 4.78 is 26.2. The van der Waals surface area contributed by atoms with Gasteiger partial charge >= 0.3 is 5.97 Å². The van der Waals surface area contributed by atoms with E-state index in [0.717, 1.165) is 24.1 Å². The lowest BCUT2D eigenvalue weighted by molar-refractivity contribution is -0.314. The number of carbonyl (C=O) groups excluding carboxylic acids is 1. The summed E-state index contributed by atoms with van der Waals surface area (Å²) >= 11 is 0. The smallest absolute Gasteiger partial charge is 0.316 e. The summed E-state index contributed by atoms with van der Waals surface area (Å²) in [5.41, 5.74) is 2.60. The maximum absolute atomic E-state index is 14.2. The Labute approximate surface area is 280 Å². The van der Waals surface area contributed by atoms with Gasteiger partial charge in [-0.3, -0.25) is 4.79 Å². The fourth-order valence-corrected chi connectivity index (χ4v) is 8.24. The quantitative estimate of drug-likeness (QED) is 0.212. The Balaban J connectivity index is 1.56. The topological polar surface area (TPSA) is 116 Å². The van der Waals surface area contributed by atoms with E-state index in [0.29, 0.717) is 42.7 Å². The van der Waals surface area contributed by atoms with Gasteiger partial charge < -0.3 is 34.0 Å². The van der Waals surface area contributed by atoms with Crippen molar-refractivity contribution in [3.63, 3.8) is 0 Å². The molecule has 0 radical (unpaired) electrons. The zero-order valence-electron chi connectivity index (χ0n) is 29.4. The molecule has 0 amide bonds. The van der Waals surface area contributed by atoms with Gasteiger partial charge in [0.1, 0.15) is 36.9 Å². The summed E-state index contributed by atoms with van der Waals surface area (Å²) in [5, 5.41) is 27.7. The van der Waals surface area contributed by atoms with Crippen molar-refractivity contribution >= 4 is 11.7 Å². The molecular weight excluding hydrogens is 598 g/mol. The Morgan fingerprint density at radius 3 is 2.70 bits per heavy atom. The van der Waals surface area contributed by atoms with Gasteiger partial charge in [-0.15, -0.1) is 0 Å². The van der Waals surface area contributed by atoms with Gasteiger partial charge in [0.25, 0.3) is 0 Å². The van der Waals surface area contributed by atoms with Gasteiger partial charge in [0.2, 0.25) is 0 Å². The number of ether oxygens (including phenoxy) is 4. The van der Waals surface area contributed by atoms with E-state index in [9.17, 15) is 15.0 Å². The van der Waals surface area contributed by atoms with Crippen molar-refractivity contribution in [2.75, 3.05) is 13.7 Å². The van der Waals surface area contributed by atoms with Gasteiger partial charge in [-0.05, 0) is 68.6 Å². The van der Waals surface area contributed by atoms with Gasteiger partial charge in [-0.25, -0.2) is 0 Å². The second-order valence-corrected chi connectivity index (χ2v) is 14.7. The number of carbonyl (C=O) groups is 1. The fraction of sp³-hybridized carbons (Fsp3) is 0.684. The molecule has 3 saturated heterocycles. The third-order valence-corrected chi connectivity index (χ3v) is 10.4. The van der Waals surface area contributed by atoms with Gasteiger partial charge in [0.05, 0.1) is 24.5 Å². The van der Waals surface area contributed by atoms with Crippen molar-refractivity contribution in [3.8, 4) is 0 Å². The number of rotatable bonds is 4. The minimum Gasteiger partial charge on any atom is -0.462 e. The van der Waals surface area contributed by atoms with Crippen LogP contribution in [0.25, 0.3) is 0 Å². The number of oxime groups is 1. The van der Waals surface area contributed by atoms with E-state index in [2.05, 4.69) is 64.9 Å². The summed E-state index contributed by atoms with van der Waals surface area (Å²) in [6.07, 6.45) is 12.3. The lowest BCUT2D eigenvalue weighted by Gasteiger charge is -2.50. The molecule has 0 aromatic heterocycles. The van der Waals surface area contributed by atoms with Gasteiger partial charge in [0.15, 0.2) is 5.79 Å². The van der Waals surface area contributed by atoms with E-state index in [1.807, 2.05) is 12.2 Å². The maximum Gasteiger partial charge on any atom is 0.316 e. The number of hydrogen-bond donors (Lipinski definition) is 2. The first kappa shape index (κ1) is 35.7. The Morgan fingerprint density at radius 1 is 1.23 bits per heavy atom. The minimum absolute atomic E-state index is 0.0170. The lowest BCUT2D eigenvalue weighted by atomic mass is 9.71. The second kappa shape index (κ2) is 14.5. The van der Waals surface area contributed by atoms with E-state index < -0.39 is 41.6 Å². The Hall–Kier alpha value is -2.56. The summed E-state index contributed by atoms with van der Waals surface area (Å²) in [6.45, 7) is 14.7. The lowest BCUT2D eigenvalue weighted by Crippen LogP contribution is -2.59. The first-order valence-corrected chi connectivity index (χ1v) is 17.4. The standard InChI is InChI=1S/C38H55NO8/c1-9-30-32(39-43-8)20-37(47-34(30)26(7)15-22(2)3)19-29-18-28(46-37)14-13-24(5)16-23(4)11-10-12-27-21-44-35-33(40)25(6)17-31(36(41)45-29)38(27,35)42/h10-13,15,17,22-23,28-31,33-35,40,42H,9,14,16,18-21H2,1-8H3/b11-10+,24-13+,26-15+,27-12+,39-32+/t23-,28+,29-,30-,31-,33+,34+,35+,37-,38+/m0/s1. The van der Waals surface area contributed by atoms with Crippen molar-refractivity contribution in [2.45, 2.75) is 129 Å². The first-order valence-electron chi connectivity index (χ1n) is 17.4. The van der Waals surface area contributed by atoms with E-state index in [1.54, 1.807) is 20.1 Å². The van der Waals surface area contributed by atoms with Crippen LogP contribution in [0.15, 0.2) is 63.9 Å². The second-order valence-electron chi connectivity index (χ2n) is 14.7. The van der Waals surface area contributed by atoms with Crippen LogP contribution in [0.4, 0.5) is 0 Å². The molecule has 47 heavy (non-hydrogen) atoms. The first-order chi connectivity index (χ1) is 22.3. The monoisotopic (exact) mass is 653 g/mol.